The fourth-order valence-corrected chi connectivity index (χ4v) is 3.33. The number of amides is 1. The molecule has 0 saturated carbocycles. The fourth-order valence-electron chi connectivity index (χ4n) is 1.66. The van der Waals surface area contributed by atoms with Gasteiger partial charge in [0, 0.05) is 11.2 Å². The van der Waals surface area contributed by atoms with Gasteiger partial charge in [-0.1, -0.05) is 17.4 Å². The summed E-state index contributed by atoms with van der Waals surface area (Å²) in [5, 5.41) is 11.4. The number of halogens is 1. The Balaban J connectivity index is 2.16. The highest BCUT2D eigenvalue weighted by Gasteiger charge is 2.18. The number of allylic oxidation sites excluding steroid dienone is 4. The number of hydrogen-bond acceptors (Lipinski definition) is 6. The van der Waals surface area contributed by atoms with Crippen LogP contribution in [0.15, 0.2) is 17.1 Å². The van der Waals surface area contributed by atoms with Gasteiger partial charge >= 0.3 is 0 Å². The molecule has 1 N–H and O–H groups in total. The maximum absolute atomic E-state index is 11.4. The molecule has 1 aliphatic carbocycles. The molecule has 20 heavy (non-hydrogen) atoms. The quantitative estimate of drug-likeness (QED) is 0.849. The van der Waals surface area contributed by atoms with Crippen LogP contribution in [0.2, 0.25) is 0 Å². The van der Waals surface area contributed by atoms with Gasteiger partial charge in [0.2, 0.25) is 11.0 Å². The number of hydrogen-bond donors (Lipinski definition) is 1. The van der Waals surface area contributed by atoms with Crippen molar-refractivity contribution in [2.45, 2.75) is 12.8 Å². The third kappa shape index (κ3) is 3.65. The molecule has 0 radical (unpaired) electrons. The van der Waals surface area contributed by atoms with Crippen molar-refractivity contribution in [2.24, 2.45) is 0 Å². The molecule has 1 aromatic heterocycles. The largest absolute Gasteiger partial charge is 0.299 e. The predicted molar refractivity (Wildman–Crippen MR) is 79.4 cm³/mol. The van der Waals surface area contributed by atoms with Gasteiger partial charge in [-0.15, -0.1) is 21.8 Å². The molecule has 1 amide bonds. The minimum absolute atomic E-state index is 0.141. The van der Waals surface area contributed by atoms with Crippen LogP contribution in [-0.4, -0.2) is 36.7 Å². The number of carbonyl (C=O) groups is 1. The molecule has 0 aromatic carbocycles. The topological polar surface area (TPSA) is 89.0 Å². The molecule has 108 valence electrons. The fraction of sp³-hybridized carbons (Fsp3) is 0.364. The lowest BCUT2D eigenvalue weighted by atomic mass is 10.1. The zero-order valence-corrected chi connectivity index (χ0v) is 13.0. The smallest absolute Gasteiger partial charge is 0.241 e. The third-order valence-corrected chi connectivity index (χ3v) is 5.10. The van der Waals surface area contributed by atoms with Crippen LogP contribution < -0.4 is 5.32 Å². The Labute approximate surface area is 125 Å². The van der Waals surface area contributed by atoms with Gasteiger partial charge in [-0.2, -0.15) is 0 Å². The molecule has 0 saturated heterocycles. The van der Waals surface area contributed by atoms with Crippen LogP contribution in [-0.2, 0) is 14.6 Å². The number of alkyl halides is 1. The van der Waals surface area contributed by atoms with Crippen LogP contribution >= 0.6 is 22.9 Å². The van der Waals surface area contributed by atoms with Crippen molar-refractivity contribution in [3.05, 3.63) is 22.1 Å². The van der Waals surface area contributed by atoms with E-state index in [1.165, 1.54) is 17.6 Å². The highest BCUT2D eigenvalue weighted by atomic mass is 35.5. The normalized spacial score (nSPS) is 15.5. The maximum atomic E-state index is 11.4. The summed E-state index contributed by atoms with van der Waals surface area (Å²) in [6.45, 7) is 0. The number of sulfone groups is 1. The van der Waals surface area contributed by atoms with Crippen molar-refractivity contribution in [3.63, 3.8) is 0 Å². The maximum Gasteiger partial charge on any atom is 0.241 e. The molecule has 0 bridgehead atoms. The SMILES string of the molecule is CS(=O)(=O)C1=CC=C(c2nnc(NC(=O)CCl)s2)CC1. The average molecular weight is 334 g/mol. The summed E-state index contributed by atoms with van der Waals surface area (Å²) in [5.41, 5.74) is 0.904. The van der Waals surface area contributed by atoms with Gasteiger partial charge in [-0.25, -0.2) is 8.42 Å². The predicted octanol–water partition coefficient (Wildman–Crippen LogP) is 1.82. The Morgan fingerprint density at radius 1 is 1.40 bits per heavy atom. The number of rotatable bonds is 4. The summed E-state index contributed by atoms with van der Waals surface area (Å²) >= 11 is 6.62. The second-order valence-electron chi connectivity index (χ2n) is 4.19. The van der Waals surface area contributed by atoms with Crippen molar-refractivity contribution < 1.29 is 13.2 Å². The highest BCUT2D eigenvalue weighted by molar-refractivity contribution is 7.94. The first kappa shape index (κ1) is 15.1. The van der Waals surface area contributed by atoms with Crippen LogP contribution in [0.25, 0.3) is 5.57 Å². The van der Waals surface area contributed by atoms with Gasteiger partial charge in [-0.05, 0) is 24.5 Å². The lowest BCUT2D eigenvalue weighted by Crippen LogP contribution is -2.12. The Hall–Kier alpha value is -1.25. The molecule has 6 nitrogen and oxygen atoms in total. The lowest BCUT2D eigenvalue weighted by molar-refractivity contribution is -0.113. The molecular weight excluding hydrogens is 322 g/mol. The second-order valence-corrected chi connectivity index (χ2v) is 7.50. The molecule has 1 aromatic rings. The molecule has 0 aliphatic heterocycles. The minimum Gasteiger partial charge on any atom is -0.299 e. The van der Waals surface area contributed by atoms with Crippen molar-refractivity contribution >= 4 is 49.4 Å². The molecule has 1 aliphatic rings. The zero-order valence-electron chi connectivity index (χ0n) is 10.6. The number of aromatic nitrogens is 2. The Kier molecular flexibility index (Phi) is 4.56. The van der Waals surface area contributed by atoms with Crippen molar-refractivity contribution in [2.75, 3.05) is 17.5 Å². The van der Waals surface area contributed by atoms with E-state index in [1.54, 1.807) is 12.2 Å². The Morgan fingerprint density at radius 2 is 2.15 bits per heavy atom. The zero-order chi connectivity index (χ0) is 14.8. The van der Waals surface area contributed by atoms with Gasteiger partial charge < -0.3 is 0 Å². The van der Waals surface area contributed by atoms with E-state index in [1.807, 2.05) is 0 Å². The van der Waals surface area contributed by atoms with Crippen LogP contribution in [0.5, 0.6) is 0 Å². The van der Waals surface area contributed by atoms with Gasteiger partial charge in [0.1, 0.15) is 10.9 Å². The average Bonchev–Trinajstić information content (AvgIpc) is 2.86. The van der Waals surface area contributed by atoms with Gasteiger partial charge in [-0.3, -0.25) is 10.1 Å². The van der Waals surface area contributed by atoms with E-state index in [0.29, 0.717) is 27.9 Å². The third-order valence-electron chi connectivity index (χ3n) is 2.65. The molecule has 0 atom stereocenters. The van der Waals surface area contributed by atoms with E-state index in [9.17, 15) is 13.2 Å². The van der Waals surface area contributed by atoms with Crippen LogP contribution in [0, 0.1) is 0 Å². The number of nitrogens with zero attached hydrogens (tertiary/aromatic N) is 2. The molecule has 0 unspecified atom stereocenters. The molecule has 1 heterocycles. The van der Waals surface area contributed by atoms with E-state index in [2.05, 4.69) is 15.5 Å². The van der Waals surface area contributed by atoms with E-state index in [4.69, 9.17) is 11.6 Å². The summed E-state index contributed by atoms with van der Waals surface area (Å²) in [6.07, 6.45) is 5.55. The summed E-state index contributed by atoms with van der Waals surface area (Å²) < 4.78 is 22.8. The molecule has 2 rings (SSSR count). The summed E-state index contributed by atoms with van der Waals surface area (Å²) in [7, 11) is -3.13. The number of anilines is 1. The monoisotopic (exact) mass is 333 g/mol. The first-order chi connectivity index (χ1) is 9.40. The minimum atomic E-state index is -3.13. The second kappa shape index (κ2) is 6.02. The summed E-state index contributed by atoms with van der Waals surface area (Å²) in [4.78, 5) is 11.5. The molecule has 9 heteroatoms. The lowest BCUT2D eigenvalue weighted by Gasteiger charge is -2.10. The Morgan fingerprint density at radius 3 is 2.70 bits per heavy atom. The molecule has 0 spiro atoms. The highest BCUT2D eigenvalue weighted by Crippen LogP contribution is 2.31. The number of carbonyl (C=O) groups excluding carboxylic acids is 1. The molecule has 0 fully saturated rings. The van der Waals surface area contributed by atoms with Crippen LogP contribution in [0.1, 0.15) is 17.8 Å². The van der Waals surface area contributed by atoms with Crippen molar-refractivity contribution in [3.8, 4) is 0 Å². The Bertz CT molecular complexity index is 692. The molecular formula is C11H12ClN3O3S2. The first-order valence-electron chi connectivity index (χ1n) is 5.69. The standard InChI is InChI=1S/C11H12ClN3O3S2/c1-20(17,18)8-4-2-7(3-5-8)10-14-15-11(19-10)13-9(16)6-12/h2,4H,3,5-6H2,1H3,(H,13,15,16). The van der Waals surface area contributed by atoms with Gasteiger partial charge in [0.25, 0.3) is 0 Å². The van der Waals surface area contributed by atoms with Crippen molar-refractivity contribution in [1.29, 1.82) is 0 Å². The van der Waals surface area contributed by atoms with Crippen molar-refractivity contribution in [1.82, 2.24) is 10.2 Å². The van der Waals surface area contributed by atoms with E-state index < -0.39 is 9.84 Å². The van der Waals surface area contributed by atoms with Gasteiger partial charge in [0.05, 0.1) is 0 Å². The van der Waals surface area contributed by atoms with E-state index in [0.717, 1.165) is 5.57 Å². The van der Waals surface area contributed by atoms with E-state index >= 15 is 0 Å². The van der Waals surface area contributed by atoms with E-state index in [-0.39, 0.29) is 11.8 Å². The first-order valence-corrected chi connectivity index (χ1v) is 8.94. The summed E-state index contributed by atoms with van der Waals surface area (Å²) in [5.74, 6) is -0.482. The summed E-state index contributed by atoms with van der Waals surface area (Å²) in [6, 6.07) is 0. The van der Waals surface area contributed by atoms with Crippen LogP contribution in [0.3, 0.4) is 0 Å². The number of nitrogens with one attached hydrogen (secondary N) is 1. The van der Waals surface area contributed by atoms with Gasteiger partial charge in [0.15, 0.2) is 9.84 Å². The van der Waals surface area contributed by atoms with Crippen LogP contribution in [0.4, 0.5) is 5.13 Å².